The molecule has 2 aromatic carbocycles. The Hall–Kier alpha value is -4.77. The van der Waals surface area contributed by atoms with E-state index in [2.05, 4.69) is 25.6 Å². The number of thioether (sulfide) groups is 1. The second-order valence-electron chi connectivity index (χ2n) is 7.92. The van der Waals surface area contributed by atoms with Gasteiger partial charge >= 0.3 is 5.97 Å². The van der Waals surface area contributed by atoms with E-state index in [-0.39, 0.29) is 29.6 Å². The number of ether oxygens (including phenoxy) is 1. The highest BCUT2D eigenvalue weighted by Crippen LogP contribution is 2.28. The normalized spacial score (nSPS) is 10.8. The first-order valence-electron chi connectivity index (χ1n) is 11.8. The molecule has 0 aliphatic heterocycles. The van der Waals surface area contributed by atoms with Gasteiger partial charge in [0.15, 0.2) is 16.8 Å². The fraction of sp³-hybridized carbons (Fsp3) is 0.111. The maximum Gasteiger partial charge on any atom is 0.343 e. The third-order valence-electron chi connectivity index (χ3n) is 5.44. The Balaban J connectivity index is 1.41. The molecule has 0 atom stereocenters. The van der Waals surface area contributed by atoms with Gasteiger partial charge in [0, 0.05) is 23.6 Å². The zero-order chi connectivity index (χ0) is 26.3. The molecule has 3 heterocycles. The number of nitrogens with one attached hydrogen (secondary N) is 1. The van der Waals surface area contributed by atoms with Crippen molar-refractivity contribution < 1.29 is 14.3 Å². The molecule has 1 N–H and O–H groups in total. The topological polar surface area (TPSA) is 117 Å². The van der Waals surface area contributed by atoms with Gasteiger partial charge in [0.05, 0.1) is 24.2 Å². The standard InChI is InChI=1S/C27H23N7O3S/c1-2-37-26(36)22-17-29-34(21-11-7-4-8-12-21)25(22)30-23(35)18-38-27-32-31-24(19-13-15-28-16-14-19)33(27)20-9-5-3-6-10-20/h3-17H,2,18H2,1H3,(H,30,35). The van der Waals surface area contributed by atoms with E-state index >= 15 is 0 Å². The first-order valence-corrected chi connectivity index (χ1v) is 12.8. The lowest BCUT2D eigenvalue weighted by Crippen LogP contribution is -2.19. The maximum atomic E-state index is 13.1. The van der Waals surface area contributed by atoms with E-state index in [0.717, 1.165) is 11.3 Å². The number of para-hydroxylation sites is 2. The van der Waals surface area contributed by atoms with Gasteiger partial charge in [-0.05, 0) is 43.3 Å². The molecule has 38 heavy (non-hydrogen) atoms. The number of nitrogens with zero attached hydrogens (tertiary/aromatic N) is 6. The van der Waals surface area contributed by atoms with Crippen molar-refractivity contribution in [2.45, 2.75) is 12.1 Å². The number of carbonyl (C=O) groups is 2. The number of hydrogen-bond acceptors (Lipinski definition) is 8. The lowest BCUT2D eigenvalue weighted by Gasteiger charge is -2.12. The Kier molecular flexibility index (Phi) is 7.55. The van der Waals surface area contributed by atoms with Crippen LogP contribution >= 0.6 is 11.8 Å². The van der Waals surface area contributed by atoms with Gasteiger partial charge in [-0.2, -0.15) is 5.10 Å². The van der Waals surface area contributed by atoms with Crippen molar-refractivity contribution in [2.75, 3.05) is 17.7 Å². The average molecular weight is 526 g/mol. The monoisotopic (exact) mass is 525 g/mol. The minimum Gasteiger partial charge on any atom is -0.462 e. The largest absolute Gasteiger partial charge is 0.462 e. The lowest BCUT2D eigenvalue weighted by molar-refractivity contribution is -0.113. The third-order valence-corrected chi connectivity index (χ3v) is 6.37. The Morgan fingerprint density at radius 3 is 2.29 bits per heavy atom. The third kappa shape index (κ3) is 5.32. The van der Waals surface area contributed by atoms with E-state index in [9.17, 15) is 9.59 Å². The first kappa shape index (κ1) is 24.9. The molecule has 0 saturated heterocycles. The zero-order valence-corrected chi connectivity index (χ0v) is 21.2. The summed E-state index contributed by atoms with van der Waals surface area (Å²) < 4.78 is 8.56. The molecule has 1 amide bonds. The number of rotatable bonds is 9. The summed E-state index contributed by atoms with van der Waals surface area (Å²) >= 11 is 1.23. The first-order chi connectivity index (χ1) is 18.7. The van der Waals surface area contributed by atoms with Gasteiger partial charge in [-0.15, -0.1) is 10.2 Å². The van der Waals surface area contributed by atoms with Crippen LogP contribution in [0.1, 0.15) is 17.3 Å². The number of carbonyl (C=O) groups excluding carboxylic acids is 2. The summed E-state index contributed by atoms with van der Waals surface area (Å²) in [7, 11) is 0. The molecule has 0 spiro atoms. The molecular formula is C27H23N7O3S. The minimum absolute atomic E-state index is 0.0174. The fourth-order valence-electron chi connectivity index (χ4n) is 3.75. The number of aromatic nitrogens is 6. The molecule has 5 aromatic rings. The van der Waals surface area contributed by atoms with Gasteiger partial charge in [-0.3, -0.25) is 14.3 Å². The van der Waals surface area contributed by atoms with Crippen molar-refractivity contribution in [1.29, 1.82) is 0 Å². The van der Waals surface area contributed by atoms with Crippen LogP contribution in [0, 0.1) is 0 Å². The molecule has 5 rings (SSSR count). The molecule has 0 aliphatic rings. The highest BCUT2D eigenvalue weighted by molar-refractivity contribution is 7.99. The highest BCUT2D eigenvalue weighted by Gasteiger charge is 2.23. The molecular weight excluding hydrogens is 502 g/mol. The van der Waals surface area contributed by atoms with Gasteiger partial charge in [0.1, 0.15) is 5.56 Å². The van der Waals surface area contributed by atoms with Crippen LogP contribution in [-0.4, -0.2) is 53.8 Å². The van der Waals surface area contributed by atoms with Crippen molar-refractivity contribution in [3.8, 4) is 22.8 Å². The molecule has 0 aliphatic carbocycles. The van der Waals surface area contributed by atoms with Crippen molar-refractivity contribution >= 4 is 29.5 Å². The van der Waals surface area contributed by atoms with Crippen LogP contribution in [-0.2, 0) is 9.53 Å². The molecule has 190 valence electrons. The van der Waals surface area contributed by atoms with Gasteiger partial charge in [0.25, 0.3) is 0 Å². The Labute approximate surface area is 222 Å². The van der Waals surface area contributed by atoms with Crippen molar-refractivity contribution in [3.63, 3.8) is 0 Å². The number of hydrogen-bond donors (Lipinski definition) is 1. The van der Waals surface area contributed by atoms with Crippen LogP contribution in [0.4, 0.5) is 5.82 Å². The number of amides is 1. The molecule has 0 unspecified atom stereocenters. The summed E-state index contributed by atoms with van der Waals surface area (Å²) in [6.45, 7) is 1.92. The average Bonchev–Trinajstić information content (AvgIpc) is 3.58. The Morgan fingerprint density at radius 2 is 1.61 bits per heavy atom. The second kappa shape index (κ2) is 11.5. The number of pyridine rings is 1. The Morgan fingerprint density at radius 1 is 0.921 bits per heavy atom. The molecule has 11 heteroatoms. The molecule has 0 bridgehead atoms. The van der Waals surface area contributed by atoms with Gasteiger partial charge in [0.2, 0.25) is 5.91 Å². The highest BCUT2D eigenvalue weighted by atomic mass is 32.2. The van der Waals surface area contributed by atoms with E-state index in [1.165, 1.54) is 22.6 Å². The molecule has 0 fully saturated rings. The van der Waals surface area contributed by atoms with Crippen LogP contribution in [0.15, 0.2) is 96.5 Å². The second-order valence-corrected chi connectivity index (χ2v) is 8.87. The van der Waals surface area contributed by atoms with Gasteiger partial charge in [-0.25, -0.2) is 9.48 Å². The van der Waals surface area contributed by atoms with Gasteiger partial charge < -0.3 is 10.1 Å². The SMILES string of the molecule is CCOC(=O)c1cnn(-c2ccccc2)c1NC(=O)CSc1nnc(-c2ccncc2)n1-c1ccccc1. The summed E-state index contributed by atoms with van der Waals surface area (Å²) in [4.78, 5) is 29.8. The number of benzene rings is 2. The van der Waals surface area contributed by atoms with E-state index < -0.39 is 5.97 Å². The smallest absolute Gasteiger partial charge is 0.343 e. The van der Waals surface area contributed by atoms with Crippen molar-refractivity contribution in [1.82, 2.24) is 29.5 Å². The molecule has 10 nitrogen and oxygen atoms in total. The summed E-state index contributed by atoms with van der Waals surface area (Å²) in [6.07, 6.45) is 4.77. The molecule has 0 saturated carbocycles. The molecule has 3 aromatic heterocycles. The van der Waals surface area contributed by atoms with Crippen molar-refractivity contribution in [3.05, 3.63) is 97.0 Å². The lowest BCUT2D eigenvalue weighted by atomic mass is 10.2. The quantitative estimate of drug-likeness (QED) is 0.222. The van der Waals surface area contributed by atoms with E-state index in [4.69, 9.17) is 4.74 Å². The van der Waals surface area contributed by atoms with E-state index in [1.54, 1.807) is 19.3 Å². The van der Waals surface area contributed by atoms with Crippen LogP contribution in [0.3, 0.4) is 0 Å². The summed E-state index contributed by atoms with van der Waals surface area (Å²) in [6, 6.07) is 22.6. The van der Waals surface area contributed by atoms with Crippen LogP contribution in [0.5, 0.6) is 0 Å². The Bertz CT molecular complexity index is 1540. The zero-order valence-electron chi connectivity index (χ0n) is 20.4. The fourth-order valence-corrected chi connectivity index (χ4v) is 4.50. The van der Waals surface area contributed by atoms with Gasteiger partial charge in [-0.1, -0.05) is 48.2 Å². The van der Waals surface area contributed by atoms with Crippen LogP contribution in [0.2, 0.25) is 0 Å². The van der Waals surface area contributed by atoms with E-state index in [1.807, 2.05) is 77.4 Å². The van der Waals surface area contributed by atoms with Crippen LogP contribution in [0.25, 0.3) is 22.8 Å². The summed E-state index contributed by atoms with van der Waals surface area (Å²) in [5.74, 6) is -0.0194. The predicted molar refractivity (Wildman–Crippen MR) is 143 cm³/mol. The van der Waals surface area contributed by atoms with Crippen molar-refractivity contribution in [2.24, 2.45) is 0 Å². The van der Waals surface area contributed by atoms with E-state index in [0.29, 0.717) is 16.7 Å². The number of anilines is 1. The minimum atomic E-state index is -0.566. The number of esters is 1. The maximum absolute atomic E-state index is 13.1. The predicted octanol–water partition coefficient (Wildman–Crippen LogP) is 4.42. The van der Waals surface area contributed by atoms with Crippen LogP contribution < -0.4 is 5.32 Å². The summed E-state index contributed by atoms with van der Waals surface area (Å²) in [5, 5.41) is 16.4. The molecule has 0 radical (unpaired) electrons. The summed E-state index contributed by atoms with van der Waals surface area (Å²) in [5.41, 5.74) is 2.57.